The minimum Gasteiger partial charge on any atom is -0.495 e. The molecule has 0 radical (unpaired) electrons. The first-order chi connectivity index (χ1) is 11.2. The van der Waals surface area contributed by atoms with Crippen LogP contribution in [0, 0.1) is 0 Å². The Labute approximate surface area is 135 Å². The molecule has 2 aromatic rings. The van der Waals surface area contributed by atoms with Crippen LogP contribution >= 0.6 is 0 Å². The smallest absolute Gasteiger partial charge is 0.232 e. The van der Waals surface area contributed by atoms with E-state index >= 15 is 0 Å². The van der Waals surface area contributed by atoms with Crippen LogP contribution in [0.25, 0.3) is 0 Å². The highest BCUT2D eigenvalue weighted by atomic mass is 16.5. The largest absolute Gasteiger partial charge is 0.495 e. The maximum Gasteiger partial charge on any atom is 0.232 e. The minimum absolute atomic E-state index is 0.240. The zero-order valence-corrected chi connectivity index (χ0v) is 13.4. The van der Waals surface area contributed by atoms with Gasteiger partial charge in [-0.3, -0.25) is 0 Å². The van der Waals surface area contributed by atoms with E-state index < -0.39 is 0 Å². The topological polar surface area (TPSA) is 90.4 Å². The first-order valence-corrected chi connectivity index (χ1v) is 7.98. The average Bonchev–Trinajstić information content (AvgIpc) is 2.56. The summed E-state index contributed by atoms with van der Waals surface area (Å²) in [5.74, 6) is 2.15. The molecule has 1 fully saturated rings. The molecule has 0 bridgehead atoms. The van der Waals surface area contributed by atoms with E-state index in [0.29, 0.717) is 5.95 Å². The summed E-state index contributed by atoms with van der Waals surface area (Å²) in [5, 5.41) is 3.17. The number of ether oxygens (including phenoxy) is 1. The number of quaternary nitrogens is 1. The summed E-state index contributed by atoms with van der Waals surface area (Å²) in [6.45, 7) is 3.12. The van der Waals surface area contributed by atoms with Crippen molar-refractivity contribution in [1.82, 2.24) is 15.0 Å². The second kappa shape index (κ2) is 7.23. The zero-order chi connectivity index (χ0) is 16.1. The third-order valence-electron chi connectivity index (χ3n) is 4.02. The van der Waals surface area contributed by atoms with Gasteiger partial charge in [-0.1, -0.05) is 12.1 Å². The van der Waals surface area contributed by atoms with E-state index in [2.05, 4.69) is 20.3 Å². The number of nitrogens with one attached hydrogen (secondary N) is 2. The van der Waals surface area contributed by atoms with E-state index in [9.17, 15) is 0 Å². The Morgan fingerprint density at radius 1 is 1.13 bits per heavy atom. The number of rotatable bonds is 5. The second-order valence-corrected chi connectivity index (χ2v) is 5.75. The Balaban J connectivity index is 1.77. The molecule has 0 unspecified atom stereocenters. The summed E-state index contributed by atoms with van der Waals surface area (Å²) in [7, 11) is 1.63. The Kier molecular flexibility index (Phi) is 4.87. The van der Waals surface area contributed by atoms with Crippen molar-refractivity contribution in [1.29, 1.82) is 0 Å². The first-order valence-electron chi connectivity index (χ1n) is 7.98. The van der Waals surface area contributed by atoms with Crippen molar-refractivity contribution < 1.29 is 9.64 Å². The van der Waals surface area contributed by atoms with Crippen molar-refractivity contribution in [3.8, 4) is 5.75 Å². The van der Waals surface area contributed by atoms with Gasteiger partial charge in [0.25, 0.3) is 0 Å². The van der Waals surface area contributed by atoms with Crippen molar-refractivity contribution in [3.05, 3.63) is 30.1 Å². The number of benzene rings is 1. The number of nitrogens with two attached hydrogens (primary N) is 1. The molecule has 1 aliphatic rings. The molecule has 122 valence electrons. The molecule has 3 rings (SSSR count). The number of hydrogen-bond donors (Lipinski definition) is 3. The van der Waals surface area contributed by atoms with Crippen molar-refractivity contribution in [2.45, 2.75) is 25.8 Å². The zero-order valence-electron chi connectivity index (χ0n) is 13.4. The van der Waals surface area contributed by atoms with Gasteiger partial charge in [0.2, 0.25) is 11.9 Å². The molecule has 2 heterocycles. The summed E-state index contributed by atoms with van der Waals surface area (Å²) in [5.41, 5.74) is 6.65. The van der Waals surface area contributed by atoms with Crippen LogP contribution in [-0.4, -0.2) is 35.2 Å². The van der Waals surface area contributed by atoms with Gasteiger partial charge >= 0.3 is 0 Å². The number of nitrogen functional groups attached to an aromatic ring is 1. The third-order valence-corrected chi connectivity index (χ3v) is 4.02. The third kappa shape index (κ3) is 4.07. The van der Waals surface area contributed by atoms with Crippen molar-refractivity contribution in [2.24, 2.45) is 0 Å². The summed E-state index contributed by atoms with van der Waals surface area (Å²) in [4.78, 5) is 14.5. The molecule has 1 saturated heterocycles. The Hall–Kier alpha value is -2.41. The maximum absolute atomic E-state index is 5.85. The maximum atomic E-state index is 5.85. The highest BCUT2D eigenvalue weighted by Gasteiger charge is 2.17. The molecule has 0 aliphatic carbocycles. The fraction of sp³-hybridized carbons (Fsp3) is 0.438. The molecule has 1 aromatic carbocycles. The summed E-state index contributed by atoms with van der Waals surface area (Å²) < 4.78 is 5.33. The lowest BCUT2D eigenvalue weighted by molar-refractivity contribution is -0.919. The summed E-state index contributed by atoms with van der Waals surface area (Å²) >= 11 is 0. The fourth-order valence-electron chi connectivity index (χ4n) is 2.89. The van der Waals surface area contributed by atoms with Gasteiger partial charge in [-0.05, 0) is 31.4 Å². The van der Waals surface area contributed by atoms with Gasteiger partial charge < -0.3 is 20.7 Å². The molecule has 23 heavy (non-hydrogen) atoms. The molecule has 0 atom stereocenters. The molecule has 0 amide bonds. The molecular formula is C16H23N6O+. The van der Waals surface area contributed by atoms with Gasteiger partial charge in [-0.15, -0.1) is 0 Å². The second-order valence-electron chi connectivity index (χ2n) is 5.75. The van der Waals surface area contributed by atoms with E-state index in [-0.39, 0.29) is 5.95 Å². The van der Waals surface area contributed by atoms with Crippen LogP contribution in [0.3, 0.4) is 0 Å². The van der Waals surface area contributed by atoms with Crippen LogP contribution in [0.5, 0.6) is 5.75 Å². The highest BCUT2D eigenvalue weighted by molar-refractivity contribution is 5.62. The molecular weight excluding hydrogens is 292 g/mol. The molecule has 0 spiro atoms. The van der Waals surface area contributed by atoms with Crippen molar-refractivity contribution in [3.63, 3.8) is 0 Å². The number of hydrogen-bond acceptors (Lipinski definition) is 6. The average molecular weight is 315 g/mol. The number of likely N-dealkylation sites (tertiary alicyclic amines) is 1. The normalized spacial score (nSPS) is 15.3. The molecule has 4 N–H and O–H groups in total. The van der Waals surface area contributed by atoms with Gasteiger partial charge in [-0.2, -0.15) is 15.0 Å². The van der Waals surface area contributed by atoms with Crippen molar-refractivity contribution in [2.75, 3.05) is 31.2 Å². The lowest BCUT2D eigenvalue weighted by Crippen LogP contribution is -3.11. The number of nitrogens with zero attached hydrogens (tertiary/aromatic N) is 3. The van der Waals surface area contributed by atoms with Gasteiger partial charge in [-0.25, -0.2) is 0 Å². The number of aromatic nitrogens is 3. The van der Waals surface area contributed by atoms with Crippen molar-refractivity contribution >= 4 is 17.6 Å². The van der Waals surface area contributed by atoms with Crippen LogP contribution in [0.15, 0.2) is 24.3 Å². The number of methoxy groups -OCH3 is 1. The SMILES string of the molecule is COc1ccccc1Nc1nc(N)nc(C[NH+]2CCCCC2)n1. The van der Waals surface area contributed by atoms with Crippen LogP contribution in [0.4, 0.5) is 17.6 Å². The van der Waals surface area contributed by atoms with E-state index in [1.807, 2.05) is 24.3 Å². The number of piperidine rings is 1. The standard InChI is InChI=1S/C16H22N6O/c1-23-13-8-4-3-7-12(13)18-16-20-14(19-15(17)21-16)11-22-9-5-2-6-10-22/h3-4,7-8H,2,5-6,9-11H2,1H3,(H3,17,18,19,20,21)/p+1. The van der Waals surface area contributed by atoms with Crippen LogP contribution < -0.4 is 20.7 Å². The molecule has 1 aliphatic heterocycles. The predicted octanol–water partition coefficient (Wildman–Crippen LogP) is 0.775. The number of anilines is 3. The lowest BCUT2D eigenvalue weighted by atomic mass is 10.1. The molecule has 0 saturated carbocycles. The number of para-hydroxylation sites is 2. The monoisotopic (exact) mass is 315 g/mol. The fourth-order valence-corrected chi connectivity index (χ4v) is 2.89. The van der Waals surface area contributed by atoms with E-state index in [0.717, 1.165) is 23.8 Å². The van der Waals surface area contributed by atoms with E-state index in [1.54, 1.807) is 7.11 Å². The Morgan fingerprint density at radius 3 is 2.70 bits per heavy atom. The van der Waals surface area contributed by atoms with Gasteiger partial charge in [0.05, 0.1) is 25.9 Å². The van der Waals surface area contributed by atoms with Crippen LogP contribution in [0.2, 0.25) is 0 Å². The summed E-state index contributed by atoms with van der Waals surface area (Å²) in [6.07, 6.45) is 3.86. The Morgan fingerprint density at radius 2 is 1.91 bits per heavy atom. The lowest BCUT2D eigenvalue weighted by Gasteiger charge is -2.22. The van der Waals surface area contributed by atoms with Gasteiger partial charge in [0.1, 0.15) is 12.3 Å². The van der Waals surface area contributed by atoms with E-state index in [4.69, 9.17) is 10.5 Å². The molecule has 1 aromatic heterocycles. The minimum atomic E-state index is 0.240. The van der Waals surface area contributed by atoms with Crippen LogP contribution in [0.1, 0.15) is 25.1 Å². The highest BCUT2D eigenvalue weighted by Crippen LogP contribution is 2.25. The Bertz CT molecular complexity index is 657. The molecule has 7 heteroatoms. The van der Waals surface area contributed by atoms with Gasteiger partial charge in [0, 0.05) is 0 Å². The quantitative estimate of drug-likeness (QED) is 0.755. The summed E-state index contributed by atoms with van der Waals surface area (Å²) in [6, 6.07) is 7.63. The van der Waals surface area contributed by atoms with Gasteiger partial charge in [0.15, 0.2) is 5.82 Å². The predicted molar refractivity (Wildman–Crippen MR) is 88.8 cm³/mol. The van der Waals surface area contributed by atoms with Crippen LogP contribution in [-0.2, 0) is 6.54 Å². The van der Waals surface area contributed by atoms with E-state index in [1.165, 1.54) is 37.3 Å². The first kappa shape index (κ1) is 15.5. The molecule has 7 nitrogen and oxygen atoms in total.